The maximum absolute atomic E-state index is 13.3. The van der Waals surface area contributed by atoms with Crippen LogP contribution in [0.3, 0.4) is 0 Å². The summed E-state index contributed by atoms with van der Waals surface area (Å²) in [5.74, 6) is 0.683. The fraction of sp³-hybridized carbons (Fsp3) is 0.500. The number of ether oxygens (including phenoxy) is 1. The minimum absolute atomic E-state index is 0.0110. The van der Waals surface area contributed by atoms with Crippen LogP contribution in [0.5, 0.6) is 5.75 Å². The van der Waals surface area contributed by atoms with Crippen LogP contribution < -0.4 is 20.3 Å². The molecule has 0 spiro atoms. The van der Waals surface area contributed by atoms with Gasteiger partial charge in [0.05, 0.1) is 34.1 Å². The summed E-state index contributed by atoms with van der Waals surface area (Å²) in [4.78, 5) is 13.1. The number of nitrogens with zero attached hydrogens (tertiary/aromatic N) is 7. The minimum Gasteiger partial charge on any atom is -0.435 e. The molecule has 0 radical (unpaired) electrons. The van der Waals surface area contributed by atoms with Crippen LogP contribution >= 0.6 is 11.6 Å². The molecule has 4 heterocycles. The van der Waals surface area contributed by atoms with Crippen molar-refractivity contribution in [3.8, 4) is 11.8 Å². The molecule has 0 unspecified atom stereocenters. The molecule has 2 saturated heterocycles. The molecule has 1 aromatic carbocycles. The molecule has 2 aliphatic heterocycles. The van der Waals surface area contributed by atoms with Crippen LogP contribution in [0.4, 0.5) is 32.1 Å². The molecule has 1 atom stereocenters. The summed E-state index contributed by atoms with van der Waals surface area (Å²) >= 11 is 6.85. The van der Waals surface area contributed by atoms with Gasteiger partial charge in [-0.25, -0.2) is 8.42 Å². The van der Waals surface area contributed by atoms with Crippen molar-refractivity contribution < 1.29 is 21.9 Å². The smallest absolute Gasteiger partial charge is 0.387 e. The Bertz CT molecular complexity index is 1600. The molecule has 0 bridgehead atoms. The summed E-state index contributed by atoms with van der Waals surface area (Å²) in [5.41, 5.74) is 1.25. The molecule has 0 amide bonds. The van der Waals surface area contributed by atoms with E-state index in [0.29, 0.717) is 31.3 Å². The zero-order chi connectivity index (χ0) is 28.2. The summed E-state index contributed by atoms with van der Waals surface area (Å²) in [6, 6.07) is 5.01. The van der Waals surface area contributed by atoms with Crippen LogP contribution in [0, 0.1) is 11.3 Å². The Morgan fingerprint density at radius 1 is 1.23 bits per heavy atom. The van der Waals surface area contributed by atoms with Crippen molar-refractivity contribution in [1.82, 2.24) is 24.5 Å². The number of benzene rings is 1. The van der Waals surface area contributed by atoms with Gasteiger partial charge in [-0.05, 0) is 19.8 Å². The van der Waals surface area contributed by atoms with E-state index in [-0.39, 0.29) is 63.2 Å². The number of piperazine rings is 1. The Hall–Kier alpha value is -3.48. The molecular weight excluding hydrogens is 568 g/mol. The first-order valence-corrected chi connectivity index (χ1v) is 15.0. The van der Waals surface area contributed by atoms with E-state index < -0.39 is 16.4 Å². The number of aromatic nitrogens is 4. The number of hydrogen-bond donors (Lipinski definition) is 2. The number of sulfone groups is 1. The average molecular weight is 594 g/mol. The third-order valence-corrected chi connectivity index (χ3v) is 9.46. The van der Waals surface area contributed by atoms with E-state index in [4.69, 9.17) is 16.3 Å². The van der Waals surface area contributed by atoms with Crippen LogP contribution in [-0.4, -0.2) is 88.8 Å². The Labute approximate surface area is 233 Å². The highest BCUT2D eigenvalue weighted by molar-refractivity contribution is 7.92. The van der Waals surface area contributed by atoms with Gasteiger partial charge >= 0.3 is 6.61 Å². The van der Waals surface area contributed by atoms with Gasteiger partial charge in [-0.3, -0.25) is 4.90 Å². The Balaban J connectivity index is 1.32. The molecule has 40 heavy (non-hydrogen) atoms. The molecule has 1 saturated carbocycles. The maximum Gasteiger partial charge on any atom is 0.387 e. The molecule has 16 heteroatoms. The average Bonchev–Trinajstić information content (AvgIpc) is 3.60. The number of rotatable bonds is 8. The largest absolute Gasteiger partial charge is 0.435 e. The van der Waals surface area contributed by atoms with E-state index in [1.807, 2.05) is 11.8 Å². The normalized spacial score (nSPS) is 21.3. The van der Waals surface area contributed by atoms with E-state index in [2.05, 4.69) is 36.7 Å². The quantitative estimate of drug-likeness (QED) is 0.398. The lowest BCUT2D eigenvalue weighted by Gasteiger charge is -2.46. The van der Waals surface area contributed by atoms with Gasteiger partial charge in [0.25, 0.3) is 0 Å². The molecule has 6 rings (SSSR count). The molecule has 212 valence electrons. The molecular formula is C24H26ClF2N9O3S. The maximum atomic E-state index is 13.3. The summed E-state index contributed by atoms with van der Waals surface area (Å²) < 4.78 is 56.1. The fourth-order valence-electron chi connectivity index (χ4n) is 5.11. The molecule has 1 aliphatic carbocycles. The number of hydrogen-bond acceptors (Lipinski definition) is 11. The van der Waals surface area contributed by atoms with Crippen molar-refractivity contribution in [2.24, 2.45) is 0 Å². The fourth-order valence-corrected chi connectivity index (χ4v) is 6.88. The second-order valence-corrected chi connectivity index (χ2v) is 12.8. The van der Waals surface area contributed by atoms with E-state index in [0.717, 1.165) is 12.8 Å². The molecule has 3 aromatic rings. The number of halogens is 3. The second-order valence-electron chi connectivity index (χ2n) is 10.3. The lowest BCUT2D eigenvalue weighted by Crippen LogP contribution is -2.61. The highest BCUT2D eigenvalue weighted by Crippen LogP contribution is 2.41. The summed E-state index contributed by atoms with van der Waals surface area (Å²) in [7, 11) is -2.96. The van der Waals surface area contributed by atoms with Crippen LogP contribution in [-0.2, 0) is 9.84 Å². The second kappa shape index (κ2) is 10.2. The van der Waals surface area contributed by atoms with Gasteiger partial charge in [0.15, 0.2) is 15.5 Å². The molecule has 2 N–H and O–H groups in total. The zero-order valence-corrected chi connectivity index (χ0v) is 23.0. The predicted molar refractivity (Wildman–Crippen MR) is 144 cm³/mol. The van der Waals surface area contributed by atoms with Gasteiger partial charge in [-0.15, -0.1) is 0 Å². The lowest BCUT2D eigenvalue weighted by atomic mass is 10.1. The number of anilines is 4. The minimum atomic E-state index is -3.05. The first kappa shape index (κ1) is 26.7. The van der Waals surface area contributed by atoms with Gasteiger partial charge in [-0.2, -0.15) is 33.6 Å². The van der Waals surface area contributed by atoms with Crippen LogP contribution in [0.15, 0.2) is 18.3 Å². The van der Waals surface area contributed by atoms with Gasteiger partial charge in [0.2, 0.25) is 11.9 Å². The van der Waals surface area contributed by atoms with Crippen molar-refractivity contribution in [3.05, 3.63) is 28.9 Å². The molecule has 3 aliphatic rings. The lowest BCUT2D eigenvalue weighted by molar-refractivity contribution is -0.0497. The number of alkyl halides is 2. The van der Waals surface area contributed by atoms with E-state index in [1.54, 1.807) is 0 Å². The first-order chi connectivity index (χ1) is 19.1. The molecule has 12 nitrogen and oxygen atoms in total. The topological polar surface area (TPSA) is 141 Å². The highest BCUT2D eigenvalue weighted by atomic mass is 35.5. The van der Waals surface area contributed by atoms with Gasteiger partial charge in [0, 0.05) is 49.9 Å². The van der Waals surface area contributed by atoms with Crippen molar-refractivity contribution in [1.29, 1.82) is 5.26 Å². The standard InChI is InChI=1S/C24H26ClF2N9O3S/c1-13-10-34(16-11-40(37,38)12-16)4-5-35(13)19-7-17(39-22(26)27)6-18(20(19)25)31-23-32-21-14(8-28)9-29-36(21)24(33-23)30-15-2-3-15/h6-7,9,13,15-16,22H,2-5,10-12H2,1H3,(H2,30,31,32,33)/t13-/m0/s1. The number of fused-ring (bicyclic) bond motifs is 1. The summed E-state index contributed by atoms with van der Waals surface area (Å²) in [5, 5.41) is 20.3. The van der Waals surface area contributed by atoms with Crippen molar-refractivity contribution >= 4 is 50.4 Å². The SMILES string of the molecule is C[C@H]1CN(C2CS(=O)(=O)C2)CCN1c1cc(OC(F)F)cc(Nc2nc(NC3CC3)n3ncc(C#N)c3n2)c1Cl. The highest BCUT2D eigenvalue weighted by Gasteiger charge is 2.40. The van der Waals surface area contributed by atoms with Gasteiger partial charge < -0.3 is 20.3 Å². The predicted octanol–water partition coefficient (Wildman–Crippen LogP) is 2.88. The molecule has 3 fully saturated rings. The van der Waals surface area contributed by atoms with Crippen LogP contribution in [0.1, 0.15) is 25.3 Å². The monoisotopic (exact) mass is 593 g/mol. The first-order valence-electron chi connectivity index (χ1n) is 12.8. The van der Waals surface area contributed by atoms with E-state index in [1.165, 1.54) is 22.8 Å². The van der Waals surface area contributed by atoms with Gasteiger partial charge in [-0.1, -0.05) is 11.6 Å². The molecule has 2 aromatic heterocycles. The Morgan fingerprint density at radius 2 is 2.00 bits per heavy atom. The van der Waals surface area contributed by atoms with Crippen molar-refractivity contribution in [3.63, 3.8) is 0 Å². The van der Waals surface area contributed by atoms with Crippen molar-refractivity contribution in [2.75, 3.05) is 46.7 Å². The third kappa shape index (κ3) is 5.30. The van der Waals surface area contributed by atoms with Crippen LogP contribution in [0.2, 0.25) is 5.02 Å². The number of nitrogens with one attached hydrogen (secondary N) is 2. The summed E-state index contributed by atoms with van der Waals surface area (Å²) in [6.07, 6.45) is 3.35. The summed E-state index contributed by atoms with van der Waals surface area (Å²) in [6.45, 7) is 0.613. The van der Waals surface area contributed by atoms with E-state index in [9.17, 15) is 22.5 Å². The Kier molecular flexibility index (Phi) is 6.79. The third-order valence-electron chi connectivity index (χ3n) is 7.28. The van der Waals surface area contributed by atoms with Gasteiger partial charge in [0.1, 0.15) is 17.4 Å². The van der Waals surface area contributed by atoms with Crippen LogP contribution in [0.25, 0.3) is 5.65 Å². The van der Waals surface area contributed by atoms with E-state index >= 15 is 0 Å². The number of nitriles is 1. The zero-order valence-electron chi connectivity index (χ0n) is 21.4. The Morgan fingerprint density at radius 3 is 2.65 bits per heavy atom. The van der Waals surface area contributed by atoms with Crippen molar-refractivity contribution in [2.45, 2.75) is 44.5 Å².